The number of H-pyrrole nitrogens is 1. The summed E-state index contributed by atoms with van der Waals surface area (Å²) in [6.07, 6.45) is 4.44. The van der Waals surface area contributed by atoms with E-state index in [9.17, 15) is 14.7 Å². The van der Waals surface area contributed by atoms with E-state index in [1.807, 2.05) is 49.2 Å². The quantitative estimate of drug-likeness (QED) is 0.107. The van der Waals surface area contributed by atoms with Gasteiger partial charge in [-0.3, -0.25) is 14.5 Å². The van der Waals surface area contributed by atoms with Gasteiger partial charge in [-0.05, 0) is 98.9 Å². The Balaban J connectivity index is 1.27. The van der Waals surface area contributed by atoms with E-state index in [4.69, 9.17) is 18.9 Å². The van der Waals surface area contributed by atoms with Crippen LogP contribution in [0.15, 0.2) is 66.7 Å². The lowest BCUT2D eigenvalue weighted by molar-refractivity contribution is -0.228. The number of ether oxygens (including phenoxy) is 4. The molecule has 12 nitrogen and oxygen atoms in total. The fraction of sp³-hybridized carbons (Fsp3) is 0.528. The van der Waals surface area contributed by atoms with Crippen molar-refractivity contribution in [2.24, 2.45) is 17.3 Å². The predicted molar refractivity (Wildman–Crippen MR) is 249 cm³/mol. The van der Waals surface area contributed by atoms with Gasteiger partial charge in [-0.15, -0.1) is 0 Å². The smallest absolute Gasteiger partial charge is 0.344 e. The Labute approximate surface area is 390 Å². The average molecular weight is 921 g/mol. The van der Waals surface area contributed by atoms with Crippen molar-refractivity contribution in [2.75, 3.05) is 66.0 Å². The molecule has 5 aliphatic heterocycles. The van der Waals surface area contributed by atoms with Crippen molar-refractivity contribution in [1.82, 2.24) is 14.8 Å². The number of likely N-dealkylation sites (N-methyl/N-ethyl adjacent to an activating group) is 1. The standard InChI is InChI=1S/C53H62F2N4O8/c1-9-50-18-10-20-59-22-19-51(44(50)59)38-25-39(42(64-6)26-41(38)57(5)45(51)53(63,48(62)66-8)46(50)67-31(3)60)52(47(61)65-7)27-32-23-35(49(4,54)55)29-58(28-32)21-17-36-37-24-34(15-16-40(37)56-43(36)52)33-13-11-30(2)12-14-33/h10-16,18,24-26,32,35,44-46,56,63H,9,17,19-23,27-29H2,1-8H3/t32-,35-,44+,45-,46-,50-,51-,52+,53+/m1/s1. The Morgan fingerprint density at radius 3 is 2.34 bits per heavy atom. The molecule has 1 saturated carbocycles. The van der Waals surface area contributed by atoms with Crippen LogP contribution in [0, 0.1) is 24.2 Å². The number of carbonyl (C=O) groups is 3. The number of aromatic nitrogens is 1. The molecule has 67 heavy (non-hydrogen) atoms. The minimum atomic E-state index is -2.96. The summed E-state index contributed by atoms with van der Waals surface area (Å²) < 4.78 is 55.2. The van der Waals surface area contributed by atoms with Crippen molar-refractivity contribution in [2.45, 2.75) is 100 Å². The summed E-state index contributed by atoms with van der Waals surface area (Å²) >= 11 is 0. The number of benzene rings is 3. The number of aliphatic hydroxyl groups is 1. The molecule has 6 aliphatic rings. The van der Waals surface area contributed by atoms with Crippen LogP contribution >= 0.6 is 0 Å². The lowest BCUT2D eigenvalue weighted by Crippen LogP contribution is -2.81. The first-order valence-corrected chi connectivity index (χ1v) is 23.7. The minimum absolute atomic E-state index is 0.132. The Hall–Kier alpha value is -5.31. The molecule has 3 fully saturated rings. The highest BCUT2D eigenvalue weighted by molar-refractivity contribution is 5.96. The molecule has 10 rings (SSSR count). The monoisotopic (exact) mass is 920 g/mol. The number of esters is 3. The third-order valence-electron chi connectivity index (χ3n) is 17.0. The van der Waals surface area contributed by atoms with E-state index in [1.54, 1.807) is 7.11 Å². The van der Waals surface area contributed by atoms with Gasteiger partial charge in [0.2, 0.25) is 11.5 Å². The first kappa shape index (κ1) is 45.5. The van der Waals surface area contributed by atoms with E-state index < -0.39 is 63.7 Å². The molecule has 1 unspecified atom stereocenters. The maximum atomic E-state index is 15.6. The highest BCUT2D eigenvalue weighted by atomic mass is 19.3. The molecule has 1 spiro atoms. The van der Waals surface area contributed by atoms with Gasteiger partial charge in [0.1, 0.15) is 11.2 Å². The number of alkyl halides is 2. The van der Waals surface area contributed by atoms with Crippen LogP contribution in [0.4, 0.5) is 14.5 Å². The van der Waals surface area contributed by atoms with Gasteiger partial charge in [0.05, 0.1) is 27.4 Å². The molecule has 1 aliphatic carbocycles. The number of aromatic amines is 1. The number of aryl methyl sites for hydroxylation is 1. The summed E-state index contributed by atoms with van der Waals surface area (Å²) in [7, 11) is 5.98. The number of nitrogens with one attached hydrogen (secondary N) is 1. The zero-order chi connectivity index (χ0) is 47.6. The molecule has 3 aromatic carbocycles. The van der Waals surface area contributed by atoms with E-state index in [0.29, 0.717) is 68.1 Å². The molecule has 0 amide bonds. The van der Waals surface area contributed by atoms with Crippen molar-refractivity contribution >= 4 is 34.5 Å². The number of piperidine rings is 1. The first-order valence-electron chi connectivity index (χ1n) is 23.7. The number of anilines is 1. The topological polar surface area (TPSA) is 134 Å². The van der Waals surface area contributed by atoms with Crippen molar-refractivity contribution in [1.29, 1.82) is 0 Å². The van der Waals surface area contributed by atoms with Crippen LogP contribution in [0.25, 0.3) is 22.0 Å². The van der Waals surface area contributed by atoms with Gasteiger partial charge in [0, 0.05) is 96.9 Å². The average Bonchev–Trinajstić information content (AvgIpc) is 3.97. The summed E-state index contributed by atoms with van der Waals surface area (Å²) in [5.74, 6) is -6.01. The SMILES string of the molecule is CC[C@]12C=CCN3CC[C@@]4(c5cc([C@@]6(C(=O)OC)C[C@H]7C[C@@H](C(C)(F)F)CN(CCc8c6[nH]c6ccc(-c9ccc(C)cc9)cc86)C7)c(OC)cc5N(C)[C@H]4[C@@](O)(C(=O)OC)[C@@H]1OC(C)=O)[C@@H]32. The van der Waals surface area contributed by atoms with Crippen molar-refractivity contribution in [3.8, 4) is 16.9 Å². The first-order chi connectivity index (χ1) is 31.9. The number of methoxy groups -OCH3 is 3. The highest BCUT2D eigenvalue weighted by Crippen LogP contribution is 2.68. The molecule has 10 atom stereocenters. The minimum Gasteiger partial charge on any atom is -0.496 e. The number of rotatable bonds is 8. The van der Waals surface area contributed by atoms with Crippen LogP contribution in [-0.4, -0.2) is 129 Å². The van der Waals surface area contributed by atoms with Gasteiger partial charge in [-0.25, -0.2) is 13.6 Å². The Bertz CT molecular complexity index is 2700. The molecule has 4 aromatic rings. The van der Waals surface area contributed by atoms with Crippen molar-refractivity contribution in [3.05, 3.63) is 94.7 Å². The van der Waals surface area contributed by atoms with E-state index >= 15 is 13.6 Å². The molecule has 6 heterocycles. The number of fused-ring (bicyclic) bond motifs is 6. The second-order valence-corrected chi connectivity index (χ2v) is 20.4. The lowest BCUT2D eigenvalue weighted by Gasteiger charge is -2.63. The van der Waals surface area contributed by atoms with Gasteiger partial charge in [0.15, 0.2) is 6.10 Å². The van der Waals surface area contributed by atoms with Gasteiger partial charge < -0.3 is 38.8 Å². The number of nitrogens with zero attached hydrogens (tertiary/aromatic N) is 3. The third-order valence-corrected chi connectivity index (χ3v) is 17.0. The van der Waals surface area contributed by atoms with E-state index in [0.717, 1.165) is 45.6 Å². The van der Waals surface area contributed by atoms with Gasteiger partial charge in [0.25, 0.3) is 0 Å². The van der Waals surface area contributed by atoms with Crippen LogP contribution in [0.2, 0.25) is 0 Å². The maximum Gasteiger partial charge on any atom is 0.344 e. The zero-order valence-electron chi connectivity index (χ0n) is 39.7. The molecule has 0 radical (unpaired) electrons. The number of hydrogen-bond acceptors (Lipinski definition) is 11. The van der Waals surface area contributed by atoms with Crippen LogP contribution in [0.3, 0.4) is 0 Å². The molecule has 1 aromatic heterocycles. The summed E-state index contributed by atoms with van der Waals surface area (Å²) in [5, 5.41) is 14.4. The van der Waals surface area contributed by atoms with Crippen molar-refractivity contribution < 1.29 is 47.2 Å². The van der Waals surface area contributed by atoms with Gasteiger partial charge >= 0.3 is 17.9 Å². The molecular formula is C53H62F2N4O8. The second kappa shape index (κ2) is 15.9. The van der Waals surface area contributed by atoms with Crippen LogP contribution in [-0.2, 0) is 45.8 Å². The summed E-state index contributed by atoms with van der Waals surface area (Å²) in [5.41, 5.74) is 1.48. The van der Waals surface area contributed by atoms with E-state index in [-0.39, 0.29) is 31.3 Å². The van der Waals surface area contributed by atoms with Crippen molar-refractivity contribution in [3.63, 3.8) is 0 Å². The lowest BCUT2D eigenvalue weighted by atomic mass is 9.47. The fourth-order valence-corrected chi connectivity index (χ4v) is 14.4. The highest BCUT2D eigenvalue weighted by Gasteiger charge is 2.80. The fourth-order valence-electron chi connectivity index (χ4n) is 14.4. The molecule has 356 valence electrons. The third kappa shape index (κ3) is 6.33. The maximum absolute atomic E-state index is 15.6. The van der Waals surface area contributed by atoms with Crippen LogP contribution in [0.5, 0.6) is 5.75 Å². The molecule has 2 bridgehead atoms. The van der Waals surface area contributed by atoms with Gasteiger partial charge in [-0.2, -0.15) is 0 Å². The molecular weight excluding hydrogens is 859 g/mol. The normalized spacial score (nSPS) is 33.1. The number of carbonyl (C=O) groups excluding carboxylic acids is 3. The van der Waals surface area contributed by atoms with E-state index in [2.05, 4.69) is 58.1 Å². The summed E-state index contributed by atoms with van der Waals surface area (Å²) in [6, 6.07) is 17.2. The molecule has 2 saturated heterocycles. The Kier molecular flexibility index (Phi) is 10.8. The van der Waals surface area contributed by atoms with Gasteiger partial charge in [-0.1, -0.05) is 55.0 Å². The zero-order valence-corrected chi connectivity index (χ0v) is 39.7. The van der Waals surface area contributed by atoms with Crippen LogP contribution < -0.4 is 9.64 Å². The second-order valence-electron chi connectivity index (χ2n) is 20.4. The summed E-state index contributed by atoms with van der Waals surface area (Å²) in [6.45, 7) is 8.77. The molecule has 14 heteroatoms. The number of halogens is 2. The number of hydrogen-bond donors (Lipinski definition) is 2. The predicted octanol–water partition coefficient (Wildman–Crippen LogP) is 7.10. The summed E-state index contributed by atoms with van der Waals surface area (Å²) in [4.78, 5) is 53.4. The largest absolute Gasteiger partial charge is 0.496 e. The Morgan fingerprint density at radius 2 is 1.67 bits per heavy atom. The Morgan fingerprint density at radius 1 is 0.940 bits per heavy atom. The molecule has 2 N–H and O–H groups in total. The van der Waals surface area contributed by atoms with Crippen LogP contribution in [0.1, 0.15) is 74.4 Å². The van der Waals surface area contributed by atoms with E-state index in [1.165, 1.54) is 21.1 Å².